The first-order valence-electron chi connectivity index (χ1n) is 6.24. The molecule has 0 aliphatic carbocycles. The van der Waals surface area contributed by atoms with Gasteiger partial charge in [-0.3, -0.25) is 4.79 Å². The second-order valence-electron chi connectivity index (χ2n) is 4.43. The van der Waals surface area contributed by atoms with Crippen LogP contribution in [0, 0.1) is 0 Å². The van der Waals surface area contributed by atoms with Gasteiger partial charge in [0, 0.05) is 19.3 Å². The molecule has 2 rings (SSSR count). The monoisotopic (exact) mass is 262 g/mol. The summed E-state index contributed by atoms with van der Waals surface area (Å²) in [4.78, 5) is 17.6. The molecule has 19 heavy (non-hydrogen) atoms. The zero-order chi connectivity index (χ0) is 13.8. The molecule has 0 bridgehead atoms. The molecule has 1 aromatic carbocycles. The van der Waals surface area contributed by atoms with Gasteiger partial charge in [-0.2, -0.15) is 4.98 Å². The molecular weight excluding hydrogens is 244 g/mol. The summed E-state index contributed by atoms with van der Waals surface area (Å²) < 4.78 is 5.57. The fourth-order valence-corrected chi connectivity index (χ4v) is 1.70. The predicted octanol–water partition coefficient (Wildman–Crippen LogP) is 1.37. The fraction of sp³-hybridized carbons (Fsp3) is 0.385. The van der Waals surface area contributed by atoms with E-state index in [9.17, 15) is 4.79 Å². The molecular formula is C13H18N4O2. The molecule has 0 atom stereocenters. The minimum absolute atomic E-state index is 0.0499. The van der Waals surface area contributed by atoms with E-state index in [1.54, 1.807) is 30.1 Å². The van der Waals surface area contributed by atoms with Crippen molar-refractivity contribution in [3.63, 3.8) is 0 Å². The van der Waals surface area contributed by atoms with Crippen LogP contribution >= 0.6 is 0 Å². The number of amides is 1. The van der Waals surface area contributed by atoms with Gasteiger partial charge in [-0.1, -0.05) is 6.92 Å². The smallest absolute Gasteiger partial charge is 0.298 e. The summed E-state index contributed by atoms with van der Waals surface area (Å²) in [5.41, 5.74) is 7.67. The molecule has 0 unspecified atom stereocenters. The maximum absolute atomic E-state index is 11.6. The number of carbonyl (C=O) groups is 1. The number of nitrogens with zero attached hydrogens (tertiary/aromatic N) is 2. The van der Waals surface area contributed by atoms with Crippen molar-refractivity contribution in [2.75, 3.05) is 30.8 Å². The fourth-order valence-electron chi connectivity index (χ4n) is 1.70. The summed E-state index contributed by atoms with van der Waals surface area (Å²) in [6.07, 6.45) is 0.914. The van der Waals surface area contributed by atoms with Crippen molar-refractivity contribution in [1.29, 1.82) is 0 Å². The van der Waals surface area contributed by atoms with E-state index in [2.05, 4.69) is 10.3 Å². The van der Waals surface area contributed by atoms with Crippen molar-refractivity contribution in [3.05, 3.63) is 18.2 Å². The highest BCUT2D eigenvalue weighted by molar-refractivity contribution is 5.82. The summed E-state index contributed by atoms with van der Waals surface area (Å²) in [5.74, 6) is -0.0499. The first-order valence-corrected chi connectivity index (χ1v) is 6.24. The number of hydrogen-bond donors (Lipinski definition) is 2. The molecule has 0 radical (unpaired) electrons. The van der Waals surface area contributed by atoms with Gasteiger partial charge in [-0.25, -0.2) is 0 Å². The third-order valence-electron chi connectivity index (χ3n) is 2.68. The van der Waals surface area contributed by atoms with Crippen LogP contribution in [0.3, 0.4) is 0 Å². The van der Waals surface area contributed by atoms with Crippen LogP contribution in [0.2, 0.25) is 0 Å². The van der Waals surface area contributed by atoms with E-state index in [1.165, 1.54) is 0 Å². The Morgan fingerprint density at radius 3 is 3.05 bits per heavy atom. The van der Waals surface area contributed by atoms with Gasteiger partial charge in [-0.15, -0.1) is 0 Å². The number of nitrogen functional groups attached to an aromatic ring is 1. The summed E-state index contributed by atoms with van der Waals surface area (Å²) >= 11 is 0. The van der Waals surface area contributed by atoms with Crippen molar-refractivity contribution in [3.8, 4) is 0 Å². The Morgan fingerprint density at radius 2 is 2.32 bits per heavy atom. The minimum atomic E-state index is -0.0499. The molecule has 1 aromatic heterocycles. The molecule has 102 valence electrons. The lowest BCUT2D eigenvalue weighted by Gasteiger charge is -2.13. The van der Waals surface area contributed by atoms with E-state index in [0.29, 0.717) is 29.3 Å². The standard InChI is InChI=1S/C13H18N4O2/c1-3-6-15-12(18)8-17(2)13-16-10-7-9(14)4-5-11(10)19-13/h4-5,7H,3,6,8,14H2,1-2H3,(H,15,18). The zero-order valence-corrected chi connectivity index (χ0v) is 11.1. The quantitative estimate of drug-likeness (QED) is 0.795. The number of anilines is 2. The van der Waals surface area contributed by atoms with Crippen molar-refractivity contribution in [2.45, 2.75) is 13.3 Å². The van der Waals surface area contributed by atoms with E-state index >= 15 is 0 Å². The van der Waals surface area contributed by atoms with E-state index in [0.717, 1.165) is 6.42 Å². The molecule has 0 aliphatic heterocycles. The lowest BCUT2D eigenvalue weighted by molar-refractivity contribution is -0.119. The molecule has 6 heteroatoms. The average Bonchev–Trinajstić information content (AvgIpc) is 2.79. The Morgan fingerprint density at radius 1 is 1.53 bits per heavy atom. The molecule has 0 spiro atoms. The lowest BCUT2D eigenvalue weighted by atomic mass is 10.3. The van der Waals surface area contributed by atoms with E-state index in [1.807, 2.05) is 6.92 Å². The molecule has 0 saturated carbocycles. The van der Waals surface area contributed by atoms with Crippen LogP contribution in [-0.2, 0) is 4.79 Å². The Labute approximate surface area is 111 Å². The number of oxazole rings is 1. The molecule has 0 fully saturated rings. The van der Waals surface area contributed by atoms with Crippen molar-refractivity contribution in [1.82, 2.24) is 10.3 Å². The second kappa shape index (κ2) is 5.60. The van der Waals surface area contributed by atoms with Crippen molar-refractivity contribution >= 4 is 28.7 Å². The summed E-state index contributed by atoms with van der Waals surface area (Å²) in [5, 5.41) is 2.81. The number of nitrogens with two attached hydrogens (primary N) is 1. The highest BCUT2D eigenvalue weighted by Gasteiger charge is 2.13. The number of rotatable bonds is 5. The molecule has 3 N–H and O–H groups in total. The van der Waals surface area contributed by atoms with E-state index in [4.69, 9.17) is 10.2 Å². The Bertz CT molecular complexity index is 579. The second-order valence-corrected chi connectivity index (χ2v) is 4.43. The number of nitrogens with one attached hydrogen (secondary N) is 1. The maximum atomic E-state index is 11.6. The summed E-state index contributed by atoms with van der Waals surface area (Å²) in [7, 11) is 1.76. The molecule has 1 amide bonds. The number of likely N-dealkylation sites (N-methyl/N-ethyl adjacent to an activating group) is 1. The molecule has 6 nitrogen and oxygen atoms in total. The van der Waals surface area contributed by atoms with Gasteiger partial charge in [0.25, 0.3) is 6.01 Å². The maximum Gasteiger partial charge on any atom is 0.298 e. The van der Waals surface area contributed by atoms with Crippen LogP contribution in [0.15, 0.2) is 22.6 Å². The Balaban J connectivity index is 2.08. The van der Waals surface area contributed by atoms with Gasteiger partial charge in [0.2, 0.25) is 5.91 Å². The van der Waals surface area contributed by atoms with Crippen LogP contribution in [0.25, 0.3) is 11.1 Å². The first kappa shape index (κ1) is 13.2. The van der Waals surface area contributed by atoms with Gasteiger partial charge in [-0.05, 0) is 24.6 Å². The SMILES string of the molecule is CCCNC(=O)CN(C)c1nc2cc(N)ccc2o1. The lowest BCUT2D eigenvalue weighted by Crippen LogP contribution is -2.35. The van der Waals surface area contributed by atoms with Crippen molar-refractivity contribution in [2.24, 2.45) is 0 Å². The third kappa shape index (κ3) is 3.15. The van der Waals surface area contributed by atoms with Gasteiger partial charge in [0.1, 0.15) is 12.1 Å². The normalized spacial score (nSPS) is 10.6. The highest BCUT2D eigenvalue weighted by Crippen LogP contribution is 2.22. The highest BCUT2D eigenvalue weighted by atomic mass is 16.4. The summed E-state index contributed by atoms with van der Waals surface area (Å²) in [6.45, 7) is 2.90. The van der Waals surface area contributed by atoms with Crippen LogP contribution in [-0.4, -0.2) is 31.0 Å². The first-order chi connectivity index (χ1) is 9.10. The van der Waals surface area contributed by atoms with Crippen molar-refractivity contribution < 1.29 is 9.21 Å². The van der Waals surface area contributed by atoms with Crippen LogP contribution in [0.1, 0.15) is 13.3 Å². The number of carbonyl (C=O) groups excluding carboxylic acids is 1. The van der Waals surface area contributed by atoms with E-state index < -0.39 is 0 Å². The average molecular weight is 262 g/mol. The molecule has 0 aliphatic rings. The van der Waals surface area contributed by atoms with Gasteiger partial charge < -0.3 is 20.4 Å². The van der Waals surface area contributed by atoms with Gasteiger partial charge >= 0.3 is 0 Å². The predicted molar refractivity (Wildman–Crippen MR) is 75.0 cm³/mol. The number of benzene rings is 1. The van der Waals surface area contributed by atoms with Gasteiger partial charge in [0.05, 0.1) is 0 Å². The Hall–Kier alpha value is -2.24. The Kier molecular flexibility index (Phi) is 3.89. The third-order valence-corrected chi connectivity index (χ3v) is 2.68. The largest absolute Gasteiger partial charge is 0.423 e. The summed E-state index contributed by atoms with van der Waals surface area (Å²) in [6, 6.07) is 5.68. The minimum Gasteiger partial charge on any atom is -0.423 e. The molecule has 2 aromatic rings. The molecule has 0 saturated heterocycles. The van der Waals surface area contributed by atoms with Crippen LogP contribution < -0.4 is 16.0 Å². The topological polar surface area (TPSA) is 84.4 Å². The zero-order valence-electron chi connectivity index (χ0n) is 11.1. The number of fused-ring (bicyclic) bond motifs is 1. The van der Waals surface area contributed by atoms with Gasteiger partial charge in [0.15, 0.2) is 5.58 Å². The van der Waals surface area contributed by atoms with Crippen LogP contribution in [0.5, 0.6) is 0 Å². The number of aromatic nitrogens is 1. The molecule has 1 heterocycles. The van der Waals surface area contributed by atoms with E-state index in [-0.39, 0.29) is 12.5 Å². The van der Waals surface area contributed by atoms with Crippen LogP contribution in [0.4, 0.5) is 11.7 Å². The number of hydrogen-bond acceptors (Lipinski definition) is 5.